The van der Waals surface area contributed by atoms with Gasteiger partial charge in [-0.3, -0.25) is 4.90 Å². The summed E-state index contributed by atoms with van der Waals surface area (Å²) in [6.45, 7) is -1.20. The quantitative estimate of drug-likeness (QED) is 0.591. The number of fused-ring (bicyclic) bond motifs is 1. The minimum atomic E-state index is -4.44. The number of amides is 2. The Morgan fingerprint density at radius 1 is 1.06 bits per heavy atom. The van der Waals surface area contributed by atoms with Crippen LogP contribution in [0.3, 0.4) is 0 Å². The fraction of sp³-hybridized carbons (Fsp3) is 0.238. The number of halogens is 3. The molecule has 1 N–H and O–H groups in total. The number of alkyl halides is 3. The van der Waals surface area contributed by atoms with E-state index in [2.05, 4.69) is 20.3 Å². The third kappa shape index (κ3) is 4.73. The molecule has 2 aromatic heterocycles. The number of methoxy groups -OCH3 is 2. The van der Waals surface area contributed by atoms with Crippen molar-refractivity contribution in [3.05, 3.63) is 54.4 Å². The van der Waals surface area contributed by atoms with Crippen LogP contribution >= 0.6 is 0 Å². The summed E-state index contributed by atoms with van der Waals surface area (Å²) in [6, 6.07) is 9.44. The van der Waals surface area contributed by atoms with Crippen molar-refractivity contribution in [3.63, 3.8) is 0 Å². The molecule has 0 spiro atoms. The van der Waals surface area contributed by atoms with E-state index in [0.717, 1.165) is 0 Å². The van der Waals surface area contributed by atoms with Gasteiger partial charge in [0, 0.05) is 24.0 Å². The van der Waals surface area contributed by atoms with Gasteiger partial charge in [-0.25, -0.2) is 19.7 Å². The van der Waals surface area contributed by atoms with Crippen LogP contribution in [0.15, 0.2) is 48.8 Å². The van der Waals surface area contributed by atoms with Gasteiger partial charge in [-0.15, -0.1) is 0 Å². The van der Waals surface area contributed by atoms with Crippen molar-refractivity contribution in [1.82, 2.24) is 15.0 Å². The predicted molar refractivity (Wildman–Crippen MR) is 114 cm³/mol. The number of urea groups is 1. The van der Waals surface area contributed by atoms with E-state index >= 15 is 0 Å². The first-order valence-corrected chi connectivity index (χ1v) is 9.71. The van der Waals surface area contributed by atoms with E-state index in [1.165, 1.54) is 36.4 Å². The van der Waals surface area contributed by atoms with E-state index in [1.807, 2.05) is 0 Å². The molecule has 3 heterocycles. The van der Waals surface area contributed by atoms with E-state index in [4.69, 9.17) is 9.47 Å². The highest BCUT2D eigenvalue weighted by molar-refractivity contribution is 6.10. The fourth-order valence-electron chi connectivity index (χ4n) is 3.26. The molecule has 172 valence electrons. The van der Waals surface area contributed by atoms with E-state index in [1.54, 1.807) is 36.4 Å². The van der Waals surface area contributed by atoms with Crippen molar-refractivity contribution in [2.75, 3.05) is 35.9 Å². The summed E-state index contributed by atoms with van der Waals surface area (Å²) in [6.07, 6.45) is -1.53. The number of carbonyl (C=O) groups excluding carboxylic acids is 1. The maximum atomic E-state index is 13.6. The summed E-state index contributed by atoms with van der Waals surface area (Å²) in [5.41, 5.74) is 1.52. The number of pyridine rings is 1. The maximum Gasteiger partial charge on any atom is 0.405 e. The second-order valence-electron chi connectivity index (χ2n) is 6.97. The highest BCUT2D eigenvalue weighted by Gasteiger charge is 2.35. The molecule has 3 aromatic rings. The molecule has 0 unspecified atom stereocenters. The summed E-state index contributed by atoms with van der Waals surface area (Å²) >= 11 is 0. The lowest BCUT2D eigenvalue weighted by atomic mass is 10.1. The molecule has 33 heavy (non-hydrogen) atoms. The fourth-order valence-corrected chi connectivity index (χ4v) is 3.26. The van der Waals surface area contributed by atoms with Crippen molar-refractivity contribution in [1.29, 1.82) is 0 Å². The van der Waals surface area contributed by atoms with Gasteiger partial charge >= 0.3 is 12.2 Å². The summed E-state index contributed by atoms with van der Waals surface area (Å²) in [4.78, 5) is 28.6. The molecule has 1 aliphatic heterocycles. The van der Waals surface area contributed by atoms with Crippen LogP contribution in [0, 0.1) is 0 Å². The van der Waals surface area contributed by atoms with Gasteiger partial charge in [-0.1, -0.05) is 0 Å². The number of hydrogen-bond acceptors (Lipinski definition) is 7. The minimum Gasteiger partial charge on any atom is -0.497 e. The van der Waals surface area contributed by atoms with Gasteiger partial charge in [0.2, 0.25) is 11.8 Å². The Kier molecular flexibility index (Phi) is 5.90. The normalized spacial score (nSPS) is 13.5. The molecule has 1 aliphatic rings. The highest BCUT2D eigenvalue weighted by atomic mass is 19.4. The summed E-state index contributed by atoms with van der Waals surface area (Å²) in [5.74, 6) is 0.845. The Balaban J connectivity index is 1.77. The first kappa shape index (κ1) is 22.1. The van der Waals surface area contributed by atoms with Crippen molar-refractivity contribution in [3.8, 4) is 11.6 Å². The van der Waals surface area contributed by atoms with Crippen LogP contribution in [0.2, 0.25) is 0 Å². The van der Waals surface area contributed by atoms with Crippen LogP contribution in [0.25, 0.3) is 0 Å². The van der Waals surface area contributed by atoms with Crippen LogP contribution in [0.4, 0.5) is 41.1 Å². The lowest BCUT2D eigenvalue weighted by Crippen LogP contribution is -2.45. The topological polar surface area (TPSA) is 92.7 Å². The maximum absolute atomic E-state index is 13.6. The monoisotopic (exact) mass is 460 g/mol. The SMILES string of the molecule is COc1ccc(N2C(=O)N(c3ccnc(OC)c3)Cc3cnc(NCC(F)(F)F)nc32)cc1. The van der Waals surface area contributed by atoms with Gasteiger partial charge in [0.05, 0.1) is 32.1 Å². The van der Waals surface area contributed by atoms with Crippen LogP contribution in [0.5, 0.6) is 11.6 Å². The van der Waals surface area contributed by atoms with Gasteiger partial charge < -0.3 is 14.8 Å². The van der Waals surface area contributed by atoms with E-state index in [9.17, 15) is 18.0 Å². The number of benzene rings is 1. The van der Waals surface area contributed by atoms with Gasteiger partial charge in [-0.05, 0) is 30.3 Å². The summed E-state index contributed by atoms with van der Waals surface area (Å²) in [7, 11) is 2.98. The van der Waals surface area contributed by atoms with Gasteiger partial charge in [0.15, 0.2) is 5.82 Å². The molecule has 1 aromatic carbocycles. The van der Waals surface area contributed by atoms with Crippen LogP contribution in [0.1, 0.15) is 5.56 Å². The molecule has 0 bridgehead atoms. The number of ether oxygens (including phenoxy) is 2. The molecular weight excluding hydrogens is 441 g/mol. The largest absolute Gasteiger partial charge is 0.497 e. The highest BCUT2D eigenvalue weighted by Crippen LogP contribution is 2.37. The Hall–Kier alpha value is -4.09. The zero-order valence-electron chi connectivity index (χ0n) is 17.6. The molecular formula is C21H19F3N6O3. The van der Waals surface area contributed by atoms with Gasteiger partial charge in [-0.2, -0.15) is 18.2 Å². The smallest absolute Gasteiger partial charge is 0.405 e. The molecule has 12 heteroatoms. The van der Waals surface area contributed by atoms with Crippen molar-refractivity contribution < 1.29 is 27.4 Å². The molecule has 0 saturated heterocycles. The molecule has 4 rings (SSSR count). The zero-order chi connectivity index (χ0) is 23.6. The Morgan fingerprint density at radius 2 is 1.82 bits per heavy atom. The van der Waals surface area contributed by atoms with E-state index < -0.39 is 18.8 Å². The van der Waals surface area contributed by atoms with Crippen LogP contribution in [-0.2, 0) is 6.54 Å². The minimum absolute atomic E-state index is 0.105. The second kappa shape index (κ2) is 8.81. The lowest BCUT2D eigenvalue weighted by Gasteiger charge is -2.36. The average molecular weight is 460 g/mol. The Morgan fingerprint density at radius 3 is 2.48 bits per heavy atom. The van der Waals surface area contributed by atoms with Crippen molar-refractivity contribution in [2.24, 2.45) is 0 Å². The first-order valence-electron chi connectivity index (χ1n) is 9.71. The Bertz CT molecular complexity index is 1160. The van der Waals surface area contributed by atoms with E-state index in [0.29, 0.717) is 28.6 Å². The number of nitrogens with one attached hydrogen (secondary N) is 1. The summed E-state index contributed by atoms with van der Waals surface area (Å²) < 4.78 is 48.3. The predicted octanol–water partition coefficient (Wildman–Crippen LogP) is 4.14. The second-order valence-corrected chi connectivity index (χ2v) is 6.97. The summed E-state index contributed by atoms with van der Waals surface area (Å²) in [5, 5.41) is 2.15. The van der Waals surface area contributed by atoms with E-state index in [-0.39, 0.29) is 18.3 Å². The van der Waals surface area contributed by atoms with Gasteiger partial charge in [0.1, 0.15) is 12.3 Å². The third-order valence-corrected chi connectivity index (χ3v) is 4.82. The molecule has 0 saturated carbocycles. The molecule has 2 amide bonds. The molecule has 0 fully saturated rings. The van der Waals surface area contributed by atoms with Crippen LogP contribution < -0.4 is 24.6 Å². The zero-order valence-corrected chi connectivity index (χ0v) is 17.6. The number of aromatic nitrogens is 3. The number of nitrogens with zero attached hydrogens (tertiary/aromatic N) is 5. The van der Waals surface area contributed by atoms with Crippen molar-refractivity contribution in [2.45, 2.75) is 12.7 Å². The first-order chi connectivity index (χ1) is 15.8. The number of hydrogen-bond donors (Lipinski definition) is 1. The number of rotatable bonds is 6. The lowest BCUT2D eigenvalue weighted by molar-refractivity contribution is -0.115. The van der Waals surface area contributed by atoms with Crippen LogP contribution in [-0.4, -0.2) is 47.9 Å². The molecule has 0 aliphatic carbocycles. The Labute approximate surface area is 186 Å². The molecule has 0 atom stereocenters. The molecule has 9 nitrogen and oxygen atoms in total. The molecule has 0 radical (unpaired) electrons. The third-order valence-electron chi connectivity index (χ3n) is 4.82. The number of carbonyl (C=O) groups is 1. The van der Waals surface area contributed by atoms with Gasteiger partial charge in [0.25, 0.3) is 0 Å². The number of anilines is 4. The average Bonchev–Trinajstić information content (AvgIpc) is 2.82. The standard InChI is InChI=1S/C21H19F3N6O3/c1-32-16-5-3-14(4-6-16)30-18-13(10-26-19(28-18)27-12-21(22,23)24)11-29(20(30)31)15-7-8-25-17(9-15)33-2/h3-10H,11-12H2,1-2H3,(H,26,27,28). The van der Waals surface area contributed by atoms with Crippen molar-refractivity contribution >= 4 is 29.2 Å².